The van der Waals surface area contributed by atoms with Gasteiger partial charge in [-0.1, -0.05) is 148 Å². The summed E-state index contributed by atoms with van der Waals surface area (Å²) in [5, 5.41) is 3.99. The molecule has 2 heteroatoms. The molecule has 0 spiro atoms. The van der Waals surface area contributed by atoms with Gasteiger partial charge in [-0.25, -0.2) is 0 Å². The van der Waals surface area contributed by atoms with Crippen LogP contribution in [0, 0.1) is 6.92 Å². The number of hydrogen-bond donors (Lipinski definition) is 0. The molecule has 0 amide bonds. The normalized spacial score (nSPS) is 16.4. The Kier molecular flexibility index (Phi) is 8.67. The van der Waals surface area contributed by atoms with E-state index in [2.05, 4.69) is 191 Å². The van der Waals surface area contributed by atoms with Gasteiger partial charge in [0.2, 0.25) is 0 Å². The smallest absolute Gasteiger partial charge is 0.0543 e. The molecular weight excluding hydrogens is 683 g/mol. The van der Waals surface area contributed by atoms with Crippen LogP contribution >= 0.6 is 11.3 Å². The minimum Gasteiger partial charge on any atom is -0.310 e. The molecule has 55 heavy (non-hydrogen) atoms. The highest BCUT2D eigenvalue weighted by Gasteiger charge is 2.38. The van der Waals surface area contributed by atoms with Gasteiger partial charge >= 0.3 is 0 Å². The Balaban J connectivity index is 1.24. The summed E-state index contributed by atoms with van der Waals surface area (Å²) in [5.74, 6) is 0.418. The van der Waals surface area contributed by atoms with Crippen molar-refractivity contribution in [2.45, 2.75) is 45.4 Å². The van der Waals surface area contributed by atoms with Gasteiger partial charge in [-0.2, -0.15) is 0 Å². The van der Waals surface area contributed by atoms with Crippen molar-refractivity contribution in [3.8, 4) is 16.8 Å². The Morgan fingerprint density at radius 1 is 0.818 bits per heavy atom. The molecule has 2 heterocycles. The van der Waals surface area contributed by atoms with Crippen LogP contribution in [0.25, 0.3) is 65.1 Å². The average molecular weight is 728 g/mol. The van der Waals surface area contributed by atoms with E-state index in [1.807, 2.05) is 23.5 Å². The number of aryl methyl sites for hydroxylation is 1. The Morgan fingerprint density at radius 2 is 1.62 bits per heavy atom. The number of hydrogen-bond acceptors (Lipinski definition) is 1. The molecule has 5 aromatic carbocycles. The Hall–Kier alpha value is -5.96. The van der Waals surface area contributed by atoms with Crippen LogP contribution in [0.15, 0.2) is 165 Å². The van der Waals surface area contributed by atoms with Crippen LogP contribution in [-0.4, -0.2) is 4.57 Å². The molecule has 2 aliphatic rings. The van der Waals surface area contributed by atoms with Crippen LogP contribution in [0.4, 0.5) is 0 Å². The van der Waals surface area contributed by atoms with Crippen molar-refractivity contribution in [2.75, 3.05) is 0 Å². The van der Waals surface area contributed by atoms with Gasteiger partial charge in [0.05, 0.1) is 11.2 Å². The van der Waals surface area contributed by atoms with E-state index in [0.717, 1.165) is 40.1 Å². The highest BCUT2D eigenvalue weighted by atomic mass is 32.1. The van der Waals surface area contributed by atoms with Gasteiger partial charge in [0, 0.05) is 42.6 Å². The molecule has 7 aromatic rings. The molecule has 0 aliphatic heterocycles. The van der Waals surface area contributed by atoms with Crippen LogP contribution in [0.3, 0.4) is 0 Å². The summed E-state index contributed by atoms with van der Waals surface area (Å²) in [4.78, 5) is 0. The first-order valence-electron chi connectivity index (χ1n) is 19.3. The molecule has 0 fully saturated rings. The van der Waals surface area contributed by atoms with E-state index in [4.69, 9.17) is 0 Å². The summed E-state index contributed by atoms with van der Waals surface area (Å²) in [5.41, 5.74) is 15.9. The lowest BCUT2D eigenvalue weighted by atomic mass is 9.80. The molecule has 0 saturated carbocycles. The van der Waals surface area contributed by atoms with Gasteiger partial charge in [-0.3, -0.25) is 0 Å². The van der Waals surface area contributed by atoms with Gasteiger partial charge in [0.25, 0.3) is 0 Å². The number of benzene rings is 5. The van der Waals surface area contributed by atoms with Crippen molar-refractivity contribution in [2.24, 2.45) is 0 Å². The summed E-state index contributed by atoms with van der Waals surface area (Å²) >= 11 is 1.90. The first-order valence-corrected chi connectivity index (χ1v) is 20.1. The zero-order valence-corrected chi connectivity index (χ0v) is 32.9. The van der Waals surface area contributed by atoms with Gasteiger partial charge in [0.15, 0.2) is 0 Å². The van der Waals surface area contributed by atoms with E-state index in [0.29, 0.717) is 5.92 Å². The number of nitrogens with zero attached hydrogens (tertiary/aromatic N) is 1. The molecule has 0 radical (unpaired) electrons. The fourth-order valence-electron chi connectivity index (χ4n) is 9.06. The summed E-state index contributed by atoms with van der Waals surface area (Å²) < 4.78 is 5.18. The molecule has 0 bridgehead atoms. The number of rotatable bonds is 8. The third-order valence-electron chi connectivity index (χ3n) is 11.8. The van der Waals surface area contributed by atoms with E-state index in [1.54, 1.807) is 0 Å². The predicted molar refractivity (Wildman–Crippen MR) is 242 cm³/mol. The molecule has 2 aromatic heterocycles. The van der Waals surface area contributed by atoms with Crippen molar-refractivity contribution in [3.63, 3.8) is 0 Å². The van der Waals surface area contributed by atoms with Crippen molar-refractivity contribution < 1.29 is 0 Å². The molecule has 9 rings (SSSR count). The molecule has 0 N–H and O–H groups in total. The fourth-order valence-corrected chi connectivity index (χ4v) is 10.2. The van der Waals surface area contributed by atoms with E-state index >= 15 is 0 Å². The van der Waals surface area contributed by atoms with Gasteiger partial charge in [-0.15, -0.1) is 11.3 Å². The topological polar surface area (TPSA) is 4.93 Å². The average Bonchev–Trinajstić information content (AvgIpc) is 3.81. The molecule has 1 unspecified atom stereocenters. The van der Waals surface area contributed by atoms with Crippen molar-refractivity contribution in [3.05, 3.63) is 204 Å². The first-order chi connectivity index (χ1) is 26.8. The number of thiophene rings is 1. The van der Waals surface area contributed by atoms with Gasteiger partial charge < -0.3 is 4.57 Å². The van der Waals surface area contributed by atoms with Crippen LogP contribution < -0.4 is 0 Å². The number of fused-ring (bicyclic) bond motifs is 8. The van der Waals surface area contributed by atoms with Crippen molar-refractivity contribution >= 4 is 59.6 Å². The van der Waals surface area contributed by atoms with Crippen LogP contribution in [0.1, 0.15) is 72.2 Å². The number of allylic oxidation sites excluding steroid dienone is 11. The minimum atomic E-state index is -0.188. The molecule has 1 nitrogen and oxygen atoms in total. The third kappa shape index (κ3) is 5.67. The molecule has 2 aliphatic carbocycles. The monoisotopic (exact) mass is 727 g/mol. The summed E-state index contributed by atoms with van der Waals surface area (Å²) in [6.07, 6.45) is 22.4. The SMILES string of the molecule is C=C/C=C(\C=C/C)c1ccc2c(C)c(/C=C(\C=C)c3ccc(C4C=CC=CC4)cc3)n(-c3ccc4c(c3)C(C)(C)c3c-4ccc4sc5ccccc5c34)c2c1. The van der Waals surface area contributed by atoms with Crippen molar-refractivity contribution in [1.82, 2.24) is 4.57 Å². The van der Waals surface area contributed by atoms with E-state index < -0.39 is 0 Å². The van der Waals surface area contributed by atoms with Gasteiger partial charge in [-0.05, 0) is 112 Å². The Labute approximate surface area is 329 Å². The molecular formula is C53H45NS. The second-order valence-corrected chi connectivity index (χ2v) is 16.4. The minimum absolute atomic E-state index is 0.188. The molecule has 0 saturated heterocycles. The summed E-state index contributed by atoms with van der Waals surface area (Å²) in [7, 11) is 0. The highest BCUT2D eigenvalue weighted by Crippen LogP contribution is 2.54. The maximum absolute atomic E-state index is 4.32. The largest absolute Gasteiger partial charge is 0.310 e. The summed E-state index contributed by atoms with van der Waals surface area (Å²) in [6, 6.07) is 36.6. The quantitative estimate of drug-likeness (QED) is 0.137. The van der Waals surface area contributed by atoms with E-state index in [9.17, 15) is 0 Å². The number of aromatic nitrogens is 1. The Morgan fingerprint density at radius 3 is 2.38 bits per heavy atom. The lowest BCUT2D eigenvalue weighted by Gasteiger charge is -2.23. The van der Waals surface area contributed by atoms with Gasteiger partial charge in [0.1, 0.15) is 0 Å². The predicted octanol–water partition coefficient (Wildman–Crippen LogP) is 15.1. The maximum Gasteiger partial charge on any atom is 0.0543 e. The standard InChI is InChI=1S/C53H45NS/c1-7-15-36(16-8-2)40-25-27-42-34(4)47(31-35(9-3)38-21-23-39(24-22-38)37-17-11-10-12-18-37)54(48(42)32-40)41-26-28-43-44-29-30-50-51(45-19-13-14-20-49(45)55-50)52(44)53(5,6)46(43)33-41/h7-17,19-33,37H,1,3,18H2,2,4-6H3/b16-8-,35-31+,36-15+. The fraction of sp³-hybridized carbons (Fsp3) is 0.132. The van der Waals surface area contributed by atoms with Crippen LogP contribution in [0.2, 0.25) is 0 Å². The Bertz CT molecular complexity index is 2850. The third-order valence-corrected chi connectivity index (χ3v) is 12.9. The van der Waals surface area contributed by atoms with Crippen LogP contribution in [0.5, 0.6) is 0 Å². The second kappa shape index (κ2) is 13.7. The zero-order valence-electron chi connectivity index (χ0n) is 32.1. The van der Waals surface area contributed by atoms with Crippen LogP contribution in [-0.2, 0) is 5.41 Å². The highest BCUT2D eigenvalue weighted by molar-refractivity contribution is 7.25. The molecule has 1 atom stereocenters. The lowest BCUT2D eigenvalue weighted by molar-refractivity contribution is 0.666. The van der Waals surface area contributed by atoms with Crippen molar-refractivity contribution in [1.29, 1.82) is 0 Å². The van der Waals surface area contributed by atoms with E-state index in [-0.39, 0.29) is 5.41 Å². The lowest BCUT2D eigenvalue weighted by Crippen LogP contribution is -2.16. The summed E-state index contributed by atoms with van der Waals surface area (Å²) in [6.45, 7) is 17.5. The van der Waals surface area contributed by atoms with E-state index in [1.165, 1.54) is 64.5 Å². The molecule has 268 valence electrons. The second-order valence-electron chi connectivity index (χ2n) is 15.3. The first kappa shape index (κ1) is 34.8. The zero-order chi connectivity index (χ0) is 37.8. The maximum atomic E-state index is 4.32.